The summed E-state index contributed by atoms with van der Waals surface area (Å²) in [5.74, 6) is 11.2. The number of rotatable bonds is 2. The highest BCUT2D eigenvalue weighted by atomic mass is 16.5. The van der Waals surface area contributed by atoms with Crippen LogP contribution >= 0.6 is 0 Å². The lowest BCUT2D eigenvalue weighted by Crippen LogP contribution is -2.58. The number of hydrogen-bond donors (Lipinski definition) is 8. The number of fused-ring (bicyclic) bond motifs is 1. The zero-order valence-electron chi connectivity index (χ0n) is 19.0. The Hall–Kier alpha value is -2.58. The fourth-order valence-corrected chi connectivity index (χ4v) is 4.15. The molecule has 4 rings (SSSR count). The van der Waals surface area contributed by atoms with Crippen LogP contribution in [0.15, 0.2) is 36.4 Å². The van der Waals surface area contributed by atoms with Crippen molar-refractivity contribution in [1.29, 1.82) is 0 Å². The summed E-state index contributed by atoms with van der Waals surface area (Å²) < 4.78 is 10.8. The summed E-state index contributed by atoms with van der Waals surface area (Å²) >= 11 is 0. The largest absolute Gasteiger partial charge is 0.394 e. The molecule has 10 heteroatoms. The lowest BCUT2D eigenvalue weighted by Gasteiger charge is -2.37. The Morgan fingerprint density at radius 1 is 0.556 bits per heavy atom. The van der Waals surface area contributed by atoms with Crippen molar-refractivity contribution in [1.82, 2.24) is 0 Å². The molecule has 0 aliphatic carbocycles. The molecule has 36 heavy (non-hydrogen) atoms. The first-order chi connectivity index (χ1) is 17.2. The van der Waals surface area contributed by atoms with E-state index in [1.54, 1.807) is 24.3 Å². The Morgan fingerprint density at radius 3 is 1.31 bits per heavy atom. The molecule has 2 aromatic rings. The van der Waals surface area contributed by atoms with Gasteiger partial charge in [0, 0.05) is 11.1 Å². The molecule has 2 aromatic carbocycles. The van der Waals surface area contributed by atoms with Crippen molar-refractivity contribution in [2.24, 2.45) is 0 Å². The normalized spacial score (nSPS) is 36.4. The Bertz CT molecular complexity index is 1100. The molecule has 0 spiro atoms. The second kappa shape index (κ2) is 11.2. The summed E-state index contributed by atoms with van der Waals surface area (Å²) in [4.78, 5) is 0. The molecular weight excluding hydrogens is 472 g/mol. The minimum atomic E-state index is -1.49. The highest BCUT2D eigenvalue weighted by Crippen LogP contribution is 2.23. The van der Waals surface area contributed by atoms with E-state index in [4.69, 9.17) is 9.47 Å². The maximum absolute atomic E-state index is 10.1. The van der Waals surface area contributed by atoms with E-state index in [-0.39, 0.29) is 0 Å². The van der Waals surface area contributed by atoms with Crippen molar-refractivity contribution in [3.05, 3.63) is 47.5 Å². The number of aliphatic hydroxyl groups excluding tert-OH is 8. The van der Waals surface area contributed by atoms with E-state index in [1.807, 2.05) is 12.1 Å². The van der Waals surface area contributed by atoms with Gasteiger partial charge in [-0.2, -0.15) is 0 Å². The summed E-state index contributed by atoms with van der Waals surface area (Å²) in [5, 5.41) is 80.1. The molecule has 2 aliphatic rings. The molecule has 2 fully saturated rings. The van der Waals surface area contributed by atoms with Gasteiger partial charge in [-0.3, -0.25) is 0 Å². The highest BCUT2D eigenvalue weighted by molar-refractivity contribution is 5.85. The lowest BCUT2D eigenvalue weighted by molar-refractivity contribution is -0.214. The van der Waals surface area contributed by atoms with Crippen molar-refractivity contribution in [2.75, 3.05) is 13.2 Å². The third-order valence-electron chi connectivity index (χ3n) is 6.34. The van der Waals surface area contributed by atoms with Crippen LogP contribution in [0, 0.1) is 23.7 Å². The van der Waals surface area contributed by atoms with Crippen LogP contribution in [0.25, 0.3) is 10.8 Å². The Morgan fingerprint density at radius 2 is 0.944 bits per heavy atom. The van der Waals surface area contributed by atoms with Gasteiger partial charge >= 0.3 is 0 Å². The van der Waals surface area contributed by atoms with Crippen LogP contribution in [0.1, 0.15) is 11.1 Å². The van der Waals surface area contributed by atoms with E-state index in [0.717, 1.165) is 10.8 Å². The maximum atomic E-state index is 10.1. The van der Waals surface area contributed by atoms with Gasteiger partial charge in [0.15, 0.2) is 0 Å². The summed E-state index contributed by atoms with van der Waals surface area (Å²) in [6.07, 6.45) is -13.0. The quantitative estimate of drug-likeness (QED) is 0.201. The Labute approximate surface area is 207 Å². The summed E-state index contributed by atoms with van der Waals surface area (Å²) in [7, 11) is 0. The summed E-state index contributed by atoms with van der Waals surface area (Å²) in [6, 6.07) is 10.7. The minimum absolute atomic E-state index is 0.527. The van der Waals surface area contributed by atoms with Crippen molar-refractivity contribution in [3.8, 4) is 23.7 Å². The van der Waals surface area contributed by atoms with Crippen LogP contribution in [0.5, 0.6) is 0 Å². The van der Waals surface area contributed by atoms with Gasteiger partial charge < -0.3 is 50.3 Å². The topological polar surface area (TPSA) is 180 Å². The Kier molecular flexibility index (Phi) is 8.25. The van der Waals surface area contributed by atoms with Gasteiger partial charge in [-0.15, -0.1) is 0 Å². The number of ether oxygens (including phenoxy) is 2. The molecule has 0 radical (unpaired) electrons. The van der Waals surface area contributed by atoms with Gasteiger partial charge in [-0.05, 0) is 35.0 Å². The third kappa shape index (κ3) is 5.39. The number of benzene rings is 2. The van der Waals surface area contributed by atoms with E-state index in [1.165, 1.54) is 0 Å². The number of aliphatic hydroxyl groups is 8. The fourth-order valence-electron chi connectivity index (χ4n) is 4.15. The first-order valence-corrected chi connectivity index (χ1v) is 11.4. The molecule has 2 saturated heterocycles. The van der Waals surface area contributed by atoms with Gasteiger partial charge in [-0.1, -0.05) is 35.8 Å². The van der Waals surface area contributed by atoms with Crippen molar-refractivity contribution < 1.29 is 50.3 Å². The average Bonchev–Trinajstić information content (AvgIpc) is 2.89. The molecule has 10 atom stereocenters. The summed E-state index contributed by atoms with van der Waals surface area (Å²) in [5.41, 5.74) is 1.22. The van der Waals surface area contributed by atoms with Gasteiger partial charge in [0.05, 0.1) is 13.2 Å². The predicted molar refractivity (Wildman–Crippen MR) is 125 cm³/mol. The van der Waals surface area contributed by atoms with E-state index >= 15 is 0 Å². The standard InChI is InChI=1S/C26H28O10/c27-11-19-23(31)25(33)21(29)17(35-19)7-3-13-1-5-15-10-14(2-6-16(15)9-13)4-8-18-22(30)26(34)24(32)20(12-28)36-18/h1-2,5-6,9-10,17-34H,11-12H2/t17?,18?,19?,20?,21?,22?,23-,24-,25?,26?/m1/s1. The van der Waals surface area contributed by atoms with E-state index in [2.05, 4.69) is 23.7 Å². The SMILES string of the molecule is OCC1OC(C#Cc2ccc3cc(C#CC4OC(CO)[C@@H](O)C(O)C4O)ccc3c2)C(O)C(O)[C@@H]1O. The fraction of sp³-hybridized carbons (Fsp3) is 0.462. The van der Waals surface area contributed by atoms with Gasteiger partial charge in [0.25, 0.3) is 0 Å². The molecule has 8 unspecified atom stereocenters. The second-order valence-electron chi connectivity index (χ2n) is 8.81. The van der Waals surface area contributed by atoms with Crippen LogP contribution in [-0.4, -0.2) is 115 Å². The number of hydrogen-bond acceptors (Lipinski definition) is 10. The average molecular weight is 501 g/mol. The molecule has 0 saturated carbocycles. The maximum Gasteiger partial charge on any atom is 0.147 e. The van der Waals surface area contributed by atoms with Crippen LogP contribution in [0.4, 0.5) is 0 Å². The van der Waals surface area contributed by atoms with Gasteiger partial charge in [0.1, 0.15) is 61.0 Å². The van der Waals surface area contributed by atoms with Crippen molar-refractivity contribution in [3.63, 3.8) is 0 Å². The molecule has 8 N–H and O–H groups in total. The molecule has 0 amide bonds. The first-order valence-electron chi connectivity index (χ1n) is 11.4. The first kappa shape index (κ1) is 26.5. The lowest BCUT2D eigenvalue weighted by atomic mass is 9.95. The van der Waals surface area contributed by atoms with Crippen LogP contribution in [0.2, 0.25) is 0 Å². The smallest absolute Gasteiger partial charge is 0.147 e. The molecule has 10 nitrogen and oxygen atoms in total. The van der Waals surface area contributed by atoms with E-state index in [9.17, 15) is 40.9 Å². The van der Waals surface area contributed by atoms with Crippen LogP contribution in [-0.2, 0) is 9.47 Å². The van der Waals surface area contributed by atoms with E-state index in [0.29, 0.717) is 11.1 Å². The van der Waals surface area contributed by atoms with Crippen LogP contribution in [0.3, 0.4) is 0 Å². The van der Waals surface area contributed by atoms with Crippen molar-refractivity contribution >= 4 is 10.8 Å². The highest BCUT2D eigenvalue weighted by Gasteiger charge is 2.43. The summed E-state index contributed by atoms with van der Waals surface area (Å²) in [6.45, 7) is -1.05. The molecule has 0 aromatic heterocycles. The van der Waals surface area contributed by atoms with E-state index < -0.39 is 74.3 Å². The van der Waals surface area contributed by atoms with Gasteiger partial charge in [0.2, 0.25) is 0 Å². The van der Waals surface area contributed by atoms with Gasteiger partial charge in [-0.25, -0.2) is 0 Å². The molecule has 0 bridgehead atoms. The van der Waals surface area contributed by atoms with Crippen molar-refractivity contribution in [2.45, 2.75) is 61.0 Å². The monoisotopic (exact) mass is 500 g/mol. The molecule has 2 aliphatic heterocycles. The third-order valence-corrected chi connectivity index (χ3v) is 6.34. The zero-order valence-corrected chi connectivity index (χ0v) is 19.0. The second-order valence-corrected chi connectivity index (χ2v) is 8.81. The zero-order chi connectivity index (χ0) is 26.0. The minimum Gasteiger partial charge on any atom is -0.394 e. The van der Waals surface area contributed by atoms with Crippen LogP contribution < -0.4 is 0 Å². The molecule has 192 valence electrons. The molecular formula is C26H28O10. The molecule has 2 heterocycles. The Balaban J connectivity index is 1.50. The predicted octanol–water partition coefficient (Wildman–Crippen LogP) is -2.77.